The number of carbonyl (C=O) groups excluding carboxylic acids is 2. The molecule has 1 unspecified atom stereocenters. The Hall–Kier alpha value is -2.70. The van der Waals surface area contributed by atoms with Gasteiger partial charge in [-0.25, -0.2) is 0 Å². The van der Waals surface area contributed by atoms with Gasteiger partial charge in [-0.1, -0.05) is 59.2 Å². The highest BCUT2D eigenvalue weighted by Gasteiger charge is 2.29. The first-order valence-electron chi connectivity index (χ1n) is 12.8. The first kappa shape index (κ1) is 27.3. The van der Waals surface area contributed by atoms with Gasteiger partial charge in [-0.15, -0.1) is 11.3 Å². The Bertz CT molecular complexity index is 1300. The van der Waals surface area contributed by atoms with Gasteiger partial charge in [0.1, 0.15) is 0 Å². The van der Waals surface area contributed by atoms with Crippen LogP contribution in [-0.2, 0) is 10.2 Å². The Kier molecular flexibility index (Phi) is 7.82. The van der Waals surface area contributed by atoms with E-state index in [1.807, 2.05) is 50.1 Å². The molecule has 0 bridgehead atoms. The Balaban J connectivity index is 1.49. The number of rotatable bonds is 4. The Labute approximate surface area is 229 Å². The van der Waals surface area contributed by atoms with E-state index in [0.717, 1.165) is 40.1 Å². The fourth-order valence-electron chi connectivity index (χ4n) is 4.37. The van der Waals surface area contributed by atoms with Crippen molar-refractivity contribution in [1.29, 1.82) is 0 Å². The molecule has 5 nitrogen and oxygen atoms in total. The van der Waals surface area contributed by atoms with E-state index < -0.39 is 5.41 Å². The standard InChI is InChI=1S/C30H36ClN3O2S/c1-29(2,3)26-16-19(11-12-32-26)25-15-21(18-37-25)23-10-9-20(14-24(23)31)27(35)34-13-7-8-22(17-34)33-28(36)30(4,5)6/h9-12,14-16,18,22H,7-8,13,17H2,1-6H3,(H,33,36). The molecule has 2 amide bonds. The van der Waals surface area contributed by atoms with Crippen molar-refractivity contribution < 1.29 is 9.59 Å². The summed E-state index contributed by atoms with van der Waals surface area (Å²) >= 11 is 8.37. The van der Waals surface area contributed by atoms with Crippen molar-refractivity contribution in [1.82, 2.24) is 15.2 Å². The maximum atomic E-state index is 13.3. The number of piperidine rings is 1. The summed E-state index contributed by atoms with van der Waals surface area (Å²) in [5, 5.41) is 5.75. The molecule has 2 aromatic heterocycles. The van der Waals surface area contributed by atoms with Crippen LogP contribution in [0.2, 0.25) is 5.02 Å². The molecule has 1 fully saturated rings. The van der Waals surface area contributed by atoms with Crippen LogP contribution in [0.4, 0.5) is 0 Å². The molecule has 4 rings (SSSR count). The van der Waals surface area contributed by atoms with E-state index in [2.05, 4.69) is 48.6 Å². The normalized spacial score (nSPS) is 16.5. The van der Waals surface area contributed by atoms with Crippen LogP contribution in [0.5, 0.6) is 0 Å². The van der Waals surface area contributed by atoms with Crippen molar-refractivity contribution >= 4 is 34.8 Å². The van der Waals surface area contributed by atoms with E-state index in [-0.39, 0.29) is 23.3 Å². The third kappa shape index (κ3) is 6.42. The van der Waals surface area contributed by atoms with Gasteiger partial charge in [-0.2, -0.15) is 0 Å². The summed E-state index contributed by atoms with van der Waals surface area (Å²) in [4.78, 5) is 33.2. The molecule has 0 spiro atoms. The van der Waals surface area contributed by atoms with Crippen LogP contribution in [0, 0.1) is 5.41 Å². The Morgan fingerprint density at radius 3 is 2.49 bits per heavy atom. The molecule has 0 radical (unpaired) electrons. The zero-order chi connectivity index (χ0) is 27.0. The molecule has 0 saturated carbocycles. The fraction of sp³-hybridized carbons (Fsp3) is 0.433. The highest BCUT2D eigenvalue weighted by molar-refractivity contribution is 7.14. The van der Waals surface area contributed by atoms with Gasteiger partial charge < -0.3 is 10.2 Å². The average molecular weight is 538 g/mol. The quantitative estimate of drug-likeness (QED) is 0.383. The number of nitrogens with zero attached hydrogens (tertiary/aromatic N) is 2. The lowest BCUT2D eigenvalue weighted by molar-refractivity contribution is -0.129. The summed E-state index contributed by atoms with van der Waals surface area (Å²) in [6.45, 7) is 13.4. The molecular weight excluding hydrogens is 502 g/mol. The van der Waals surface area contributed by atoms with E-state index in [9.17, 15) is 9.59 Å². The molecule has 1 N–H and O–H groups in total. The number of aromatic nitrogens is 1. The maximum absolute atomic E-state index is 13.3. The van der Waals surface area contributed by atoms with Crippen molar-refractivity contribution in [3.05, 3.63) is 64.3 Å². The number of hydrogen-bond donors (Lipinski definition) is 1. The second kappa shape index (κ2) is 10.6. The van der Waals surface area contributed by atoms with Gasteiger partial charge in [0.25, 0.3) is 5.91 Å². The molecule has 1 aromatic carbocycles. The van der Waals surface area contributed by atoms with Crippen LogP contribution in [0.3, 0.4) is 0 Å². The predicted octanol–water partition coefficient (Wildman–Crippen LogP) is 7.19. The molecule has 1 aliphatic rings. The van der Waals surface area contributed by atoms with Crippen molar-refractivity contribution in [2.24, 2.45) is 5.41 Å². The summed E-state index contributed by atoms with van der Waals surface area (Å²) < 4.78 is 0. The van der Waals surface area contributed by atoms with Crippen LogP contribution in [0.15, 0.2) is 48.0 Å². The first-order valence-corrected chi connectivity index (χ1v) is 14.0. The number of likely N-dealkylation sites (tertiary alicyclic amines) is 1. The van der Waals surface area contributed by atoms with Gasteiger partial charge in [0, 0.05) is 62.9 Å². The monoisotopic (exact) mass is 537 g/mol. The van der Waals surface area contributed by atoms with Gasteiger partial charge in [-0.05, 0) is 59.7 Å². The van der Waals surface area contributed by atoms with E-state index in [1.54, 1.807) is 17.4 Å². The van der Waals surface area contributed by atoms with Gasteiger partial charge >= 0.3 is 0 Å². The van der Waals surface area contributed by atoms with E-state index in [0.29, 0.717) is 23.7 Å². The molecule has 37 heavy (non-hydrogen) atoms. The van der Waals surface area contributed by atoms with Crippen molar-refractivity contribution in [2.75, 3.05) is 13.1 Å². The second-order valence-corrected chi connectivity index (χ2v) is 13.2. The van der Waals surface area contributed by atoms with Crippen molar-refractivity contribution in [3.63, 3.8) is 0 Å². The van der Waals surface area contributed by atoms with Crippen LogP contribution >= 0.6 is 22.9 Å². The third-order valence-electron chi connectivity index (χ3n) is 6.66. The molecule has 3 aromatic rings. The lowest BCUT2D eigenvalue weighted by atomic mass is 9.90. The first-order chi connectivity index (χ1) is 17.3. The summed E-state index contributed by atoms with van der Waals surface area (Å²) in [7, 11) is 0. The number of thiophene rings is 1. The highest BCUT2D eigenvalue weighted by atomic mass is 35.5. The number of benzene rings is 1. The molecule has 0 aliphatic carbocycles. The van der Waals surface area contributed by atoms with Crippen molar-refractivity contribution in [3.8, 4) is 21.6 Å². The number of nitrogens with one attached hydrogen (secondary N) is 1. The minimum Gasteiger partial charge on any atom is -0.351 e. The molecule has 3 heterocycles. The lowest BCUT2D eigenvalue weighted by Crippen LogP contribution is -2.51. The van der Waals surface area contributed by atoms with Gasteiger partial charge in [-0.3, -0.25) is 14.6 Å². The minimum atomic E-state index is -0.455. The molecule has 196 valence electrons. The topological polar surface area (TPSA) is 62.3 Å². The number of carbonyl (C=O) groups is 2. The van der Waals surface area contributed by atoms with Crippen LogP contribution in [-0.4, -0.2) is 40.8 Å². The number of hydrogen-bond acceptors (Lipinski definition) is 4. The number of halogens is 1. The second-order valence-electron chi connectivity index (χ2n) is 11.9. The van der Waals surface area contributed by atoms with E-state index in [4.69, 9.17) is 11.6 Å². The summed E-state index contributed by atoms with van der Waals surface area (Å²) in [5.74, 6) is -0.0450. The SMILES string of the molecule is CC(C)(C)C(=O)NC1CCCN(C(=O)c2ccc(-c3csc(-c4ccnc(C(C)(C)C)c4)c3)c(Cl)c2)C1. The van der Waals surface area contributed by atoms with Gasteiger partial charge in [0.2, 0.25) is 5.91 Å². The molecular formula is C30H36ClN3O2S. The maximum Gasteiger partial charge on any atom is 0.253 e. The Morgan fingerprint density at radius 1 is 1.05 bits per heavy atom. The Morgan fingerprint density at radius 2 is 1.81 bits per heavy atom. The fourth-order valence-corrected chi connectivity index (χ4v) is 5.57. The molecule has 1 saturated heterocycles. The summed E-state index contributed by atoms with van der Waals surface area (Å²) in [6, 6.07) is 11.8. The van der Waals surface area contributed by atoms with Gasteiger partial charge in [0.05, 0.1) is 0 Å². The summed E-state index contributed by atoms with van der Waals surface area (Å²) in [5.41, 5.74) is 4.21. The lowest BCUT2D eigenvalue weighted by Gasteiger charge is -2.34. The highest BCUT2D eigenvalue weighted by Crippen LogP contribution is 2.37. The zero-order valence-corrected chi connectivity index (χ0v) is 24.1. The zero-order valence-electron chi connectivity index (χ0n) is 22.5. The smallest absolute Gasteiger partial charge is 0.253 e. The van der Waals surface area contributed by atoms with Crippen LogP contribution in [0.25, 0.3) is 21.6 Å². The number of amides is 2. The largest absolute Gasteiger partial charge is 0.351 e. The summed E-state index contributed by atoms with van der Waals surface area (Å²) in [6.07, 6.45) is 3.60. The molecule has 1 atom stereocenters. The minimum absolute atomic E-state index is 0.00993. The number of pyridine rings is 1. The third-order valence-corrected chi connectivity index (χ3v) is 7.96. The predicted molar refractivity (Wildman–Crippen MR) is 153 cm³/mol. The van der Waals surface area contributed by atoms with E-state index in [1.165, 1.54) is 0 Å². The average Bonchev–Trinajstić information content (AvgIpc) is 3.33. The molecule has 7 heteroatoms. The van der Waals surface area contributed by atoms with Crippen LogP contribution < -0.4 is 5.32 Å². The van der Waals surface area contributed by atoms with Crippen molar-refractivity contribution in [2.45, 2.75) is 65.8 Å². The van der Waals surface area contributed by atoms with E-state index >= 15 is 0 Å². The molecule has 1 aliphatic heterocycles. The van der Waals surface area contributed by atoms with Crippen LogP contribution in [0.1, 0.15) is 70.4 Å². The van der Waals surface area contributed by atoms with Gasteiger partial charge in [0.15, 0.2) is 0 Å².